The van der Waals surface area contributed by atoms with E-state index in [0.29, 0.717) is 6.42 Å². The molecule has 5 heteroatoms. The zero-order valence-corrected chi connectivity index (χ0v) is 11.3. The maximum Gasteiger partial charge on any atom is 0.303 e. The highest BCUT2D eigenvalue weighted by molar-refractivity contribution is 5.82. The zero-order chi connectivity index (χ0) is 13.9. The van der Waals surface area contributed by atoms with Gasteiger partial charge >= 0.3 is 5.97 Å². The van der Waals surface area contributed by atoms with E-state index in [-0.39, 0.29) is 6.42 Å². The molecule has 20 heavy (non-hydrogen) atoms. The molecule has 0 bridgehead atoms. The molecule has 0 aliphatic carbocycles. The molecule has 1 aromatic carbocycles. The van der Waals surface area contributed by atoms with Crippen LogP contribution < -0.4 is 10.2 Å². The molecule has 0 radical (unpaired) electrons. The van der Waals surface area contributed by atoms with Crippen LogP contribution in [0.4, 0.5) is 5.69 Å². The Kier molecular flexibility index (Phi) is 3.60. The molecule has 3 rings (SSSR count). The summed E-state index contributed by atoms with van der Waals surface area (Å²) >= 11 is 0. The first-order valence-electron chi connectivity index (χ1n) is 6.92. The number of nitrogens with one attached hydrogen (secondary N) is 1. The SMILES string of the molecule is O=C(O)CCc1cc2cc(N3CCNCC3)ccc2o1. The van der Waals surface area contributed by atoms with Crippen molar-refractivity contribution in [2.24, 2.45) is 0 Å². The number of furan rings is 1. The van der Waals surface area contributed by atoms with Gasteiger partial charge in [0.1, 0.15) is 11.3 Å². The highest BCUT2D eigenvalue weighted by Crippen LogP contribution is 2.26. The number of fused-ring (bicyclic) bond motifs is 1. The number of aryl methyl sites for hydroxylation is 1. The Balaban J connectivity index is 1.81. The Morgan fingerprint density at radius 3 is 2.85 bits per heavy atom. The molecule has 0 spiro atoms. The second kappa shape index (κ2) is 5.54. The van der Waals surface area contributed by atoms with E-state index in [1.807, 2.05) is 12.1 Å². The summed E-state index contributed by atoms with van der Waals surface area (Å²) in [5, 5.41) is 13.1. The second-order valence-corrected chi connectivity index (χ2v) is 5.07. The third-order valence-corrected chi connectivity index (χ3v) is 3.62. The molecule has 0 atom stereocenters. The second-order valence-electron chi connectivity index (χ2n) is 5.07. The van der Waals surface area contributed by atoms with Crippen molar-refractivity contribution < 1.29 is 14.3 Å². The molecule has 0 amide bonds. The number of rotatable bonds is 4. The number of hydrogen-bond acceptors (Lipinski definition) is 4. The Bertz CT molecular complexity index is 615. The predicted molar refractivity (Wildman–Crippen MR) is 77.3 cm³/mol. The van der Waals surface area contributed by atoms with Crippen LogP contribution in [-0.2, 0) is 11.2 Å². The highest BCUT2D eigenvalue weighted by Gasteiger charge is 2.12. The summed E-state index contributed by atoms with van der Waals surface area (Å²) in [6, 6.07) is 8.10. The lowest BCUT2D eigenvalue weighted by Crippen LogP contribution is -2.43. The summed E-state index contributed by atoms with van der Waals surface area (Å²) < 4.78 is 5.67. The van der Waals surface area contributed by atoms with Gasteiger partial charge in [-0.1, -0.05) is 0 Å². The van der Waals surface area contributed by atoms with Gasteiger partial charge in [-0.05, 0) is 24.3 Å². The number of benzene rings is 1. The van der Waals surface area contributed by atoms with E-state index in [1.165, 1.54) is 5.69 Å². The lowest BCUT2D eigenvalue weighted by Gasteiger charge is -2.29. The van der Waals surface area contributed by atoms with Crippen molar-refractivity contribution in [2.45, 2.75) is 12.8 Å². The molecular formula is C15H18N2O3. The molecular weight excluding hydrogens is 256 g/mol. The summed E-state index contributed by atoms with van der Waals surface area (Å²) in [5.74, 6) is -0.0631. The first kappa shape index (κ1) is 13.0. The largest absolute Gasteiger partial charge is 0.481 e. The first-order valence-corrected chi connectivity index (χ1v) is 6.92. The molecule has 1 saturated heterocycles. The van der Waals surface area contributed by atoms with Crippen LogP contribution in [0.25, 0.3) is 11.0 Å². The number of piperazine rings is 1. The monoisotopic (exact) mass is 274 g/mol. The van der Waals surface area contributed by atoms with Gasteiger partial charge in [0.25, 0.3) is 0 Å². The average Bonchev–Trinajstić information content (AvgIpc) is 2.88. The summed E-state index contributed by atoms with van der Waals surface area (Å²) in [6.45, 7) is 4.03. The molecule has 5 nitrogen and oxygen atoms in total. The maximum atomic E-state index is 10.6. The van der Waals surface area contributed by atoms with Crippen molar-refractivity contribution in [1.29, 1.82) is 0 Å². The minimum atomic E-state index is -0.799. The van der Waals surface area contributed by atoms with Crippen LogP contribution in [-0.4, -0.2) is 37.3 Å². The number of carboxylic acid groups (broad SMARTS) is 1. The Labute approximate surface area is 117 Å². The van der Waals surface area contributed by atoms with Gasteiger partial charge in [-0.3, -0.25) is 4.79 Å². The summed E-state index contributed by atoms with van der Waals surface area (Å²) in [5.41, 5.74) is 2.02. The van der Waals surface area contributed by atoms with Gasteiger partial charge in [0.15, 0.2) is 0 Å². The quantitative estimate of drug-likeness (QED) is 0.891. The van der Waals surface area contributed by atoms with Gasteiger partial charge < -0.3 is 19.7 Å². The summed E-state index contributed by atoms with van der Waals surface area (Å²) in [7, 11) is 0. The van der Waals surface area contributed by atoms with E-state index in [1.54, 1.807) is 0 Å². The van der Waals surface area contributed by atoms with Crippen LogP contribution in [0, 0.1) is 0 Å². The van der Waals surface area contributed by atoms with E-state index in [9.17, 15) is 4.79 Å². The molecule has 2 N–H and O–H groups in total. The van der Waals surface area contributed by atoms with Crippen LogP contribution >= 0.6 is 0 Å². The van der Waals surface area contributed by atoms with E-state index < -0.39 is 5.97 Å². The van der Waals surface area contributed by atoms with E-state index >= 15 is 0 Å². The molecule has 2 heterocycles. The zero-order valence-electron chi connectivity index (χ0n) is 11.3. The summed E-state index contributed by atoms with van der Waals surface area (Å²) in [6.07, 6.45) is 0.539. The molecule has 1 aromatic heterocycles. The lowest BCUT2D eigenvalue weighted by atomic mass is 10.2. The van der Waals surface area contributed by atoms with Gasteiger partial charge in [-0.25, -0.2) is 0 Å². The standard InChI is InChI=1S/C15H18N2O3/c18-15(19)4-2-13-10-11-9-12(1-3-14(11)20-13)17-7-5-16-6-8-17/h1,3,9-10,16H,2,4-8H2,(H,18,19). The Hall–Kier alpha value is -2.01. The molecule has 0 unspecified atom stereocenters. The fourth-order valence-corrected chi connectivity index (χ4v) is 2.56. The predicted octanol–water partition coefficient (Wildman–Crippen LogP) is 1.86. The number of carbonyl (C=O) groups is 1. The van der Waals surface area contributed by atoms with Crippen LogP contribution in [0.15, 0.2) is 28.7 Å². The van der Waals surface area contributed by atoms with Crippen molar-refractivity contribution in [3.05, 3.63) is 30.0 Å². The number of anilines is 1. The minimum absolute atomic E-state index is 0.102. The Morgan fingerprint density at radius 1 is 1.30 bits per heavy atom. The van der Waals surface area contributed by atoms with Crippen molar-refractivity contribution in [2.75, 3.05) is 31.1 Å². The van der Waals surface area contributed by atoms with Crippen molar-refractivity contribution in [3.8, 4) is 0 Å². The molecule has 1 aliphatic rings. The van der Waals surface area contributed by atoms with Crippen LogP contribution in [0.1, 0.15) is 12.2 Å². The molecule has 106 valence electrons. The smallest absolute Gasteiger partial charge is 0.303 e. The van der Waals surface area contributed by atoms with Crippen LogP contribution in [0.2, 0.25) is 0 Å². The van der Waals surface area contributed by atoms with Gasteiger partial charge in [-0.15, -0.1) is 0 Å². The summed E-state index contributed by atoms with van der Waals surface area (Å²) in [4.78, 5) is 12.9. The molecule has 2 aromatic rings. The maximum absolute atomic E-state index is 10.6. The van der Waals surface area contributed by atoms with E-state index in [0.717, 1.165) is 42.9 Å². The topological polar surface area (TPSA) is 65.7 Å². The number of aliphatic carboxylic acids is 1. The van der Waals surface area contributed by atoms with Crippen molar-refractivity contribution in [3.63, 3.8) is 0 Å². The van der Waals surface area contributed by atoms with Gasteiger partial charge in [0.2, 0.25) is 0 Å². The first-order chi connectivity index (χ1) is 9.72. The van der Waals surface area contributed by atoms with E-state index in [2.05, 4.69) is 22.3 Å². The normalized spacial score (nSPS) is 15.7. The molecule has 0 saturated carbocycles. The number of hydrogen-bond donors (Lipinski definition) is 2. The van der Waals surface area contributed by atoms with Crippen LogP contribution in [0.5, 0.6) is 0 Å². The van der Waals surface area contributed by atoms with Crippen LogP contribution in [0.3, 0.4) is 0 Å². The average molecular weight is 274 g/mol. The van der Waals surface area contributed by atoms with Gasteiger partial charge in [0, 0.05) is 43.7 Å². The minimum Gasteiger partial charge on any atom is -0.481 e. The fourth-order valence-electron chi connectivity index (χ4n) is 2.56. The lowest BCUT2D eigenvalue weighted by molar-refractivity contribution is -0.137. The molecule has 1 fully saturated rings. The van der Waals surface area contributed by atoms with Gasteiger partial charge in [0.05, 0.1) is 6.42 Å². The number of carboxylic acids is 1. The number of nitrogens with zero attached hydrogens (tertiary/aromatic N) is 1. The third-order valence-electron chi connectivity index (χ3n) is 3.62. The highest BCUT2D eigenvalue weighted by atomic mass is 16.4. The van der Waals surface area contributed by atoms with E-state index in [4.69, 9.17) is 9.52 Å². The molecule has 1 aliphatic heterocycles. The van der Waals surface area contributed by atoms with Gasteiger partial charge in [-0.2, -0.15) is 0 Å². The van der Waals surface area contributed by atoms with Crippen molar-refractivity contribution in [1.82, 2.24) is 5.32 Å². The third kappa shape index (κ3) is 2.77. The van der Waals surface area contributed by atoms with Crippen molar-refractivity contribution >= 4 is 22.6 Å². The fraction of sp³-hybridized carbons (Fsp3) is 0.400. The Morgan fingerprint density at radius 2 is 2.10 bits per heavy atom.